The number of amides is 3. The van der Waals surface area contributed by atoms with E-state index in [1.165, 1.54) is 26.9 Å². The topological polar surface area (TPSA) is 214 Å². The molecule has 1 unspecified atom stereocenters. The number of hydrogen-bond donors (Lipinski definition) is 2. The smallest absolute Gasteiger partial charge is 0.376 e. The van der Waals surface area contributed by atoms with Crippen LogP contribution in [0.1, 0.15) is 48.6 Å². The molecule has 2 saturated heterocycles. The number of pyridine rings is 3. The van der Waals surface area contributed by atoms with Crippen LogP contribution < -0.4 is 14.8 Å². The highest BCUT2D eigenvalue weighted by Gasteiger charge is 2.50. The molecule has 6 heterocycles. The first-order valence-electron chi connectivity index (χ1n) is 23.0. The second-order valence-electron chi connectivity index (χ2n) is 18.2. The van der Waals surface area contributed by atoms with E-state index >= 15 is 0 Å². The van der Waals surface area contributed by atoms with E-state index in [2.05, 4.69) is 25.0 Å². The van der Waals surface area contributed by atoms with Gasteiger partial charge in [0.05, 0.1) is 37.5 Å². The number of nitrogens with zero attached hydrogens (tertiary/aromatic N) is 6. The molecule has 2 fully saturated rings. The Bertz CT molecular complexity index is 3350. The van der Waals surface area contributed by atoms with E-state index in [1.807, 2.05) is 36.4 Å². The number of rotatable bonds is 16. The summed E-state index contributed by atoms with van der Waals surface area (Å²) in [4.78, 5) is 67.7. The van der Waals surface area contributed by atoms with Crippen molar-refractivity contribution >= 4 is 57.5 Å². The van der Waals surface area contributed by atoms with E-state index in [-0.39, 0.29) is 55.7 Å². The van der Waals surface area contributed by atoms with Crippen LogP contribution in [0.5, 0.6) is 5.88 Å². The van der Waals surface area contributed by atoms with Crippen molar-refractivity contribution in [2.75, 3.05) is 18.4 Å². The third kappa shape index (κ3) is 10.7. The third-order valence-electron chi connectivity index (χ3n) is 13.2. The molecular formula is C51H44BF4N8O8S. The fraction of sp³-hybridized carbons (Fsp3) is 0.294. The van der Waals surface area contributed by atoms with Gasteiger partial charge < -0.3 is 29.3 Å². The highest BCUT2D eigenvalue weighted by molar-refractivity contribution is 7.92. The molecule has 0 bridgehead atoms. The number of hydrogen-bond acceptors (Lipinski definition) is 12. The van der Waals surface area contributed by atoms with Crippen molar-refractivity contribution in [3.05, 3.63) is 131 Å². The van der Waals surface area contributed by atoms with Gasteiger partial charge in [0.2, 0.25) is 23.6 Å². The number of carbonyl (C=O) groups excluding carboxylic acids is 4. The Morgan fingerprint density at radius 1 is 0.986 bits per heavy atom. The van der Waals surface area contributed by atoms with Gasteiger partial charge in [0.25, 0.3) is 15.9 Å². The lowest BCUT2D eigenvalue weighted by molar-refractivity contribution is -0.135. The lowest BCUT2D eigenvalue weighted by Gasteiger charge is -2.22. The zero-order valence-corrected chi connectivity index (χ0v) is 40.0. The molecule has 3 amide bonds. The molecule has 9 rings (SSSR count). The van der Waals surface area contributed by atoms with Crippen LogP contribution in [-0.4, -0.2) is 95.7 Å². The van der Waals surface area contributed by atoms with E-state index in [1.54, 1.807) is 48.5 Å². The third-order valence-corrected chi connectivity index (χ3v) is 14.6. The van der Waals surface area contributed by atoms with E-state index < -0.39 is 81.2 Å². The second kappa shape index (κ2) is 20.4. The maximum atomic E-state index is 14.5. The van der Waals surface area contributed by atoms with Crippen molar-refractivity contribution in [2.45, 2.75) is 75.2 Å². The van der Waals surface area contributed by atoms with Gasteiger partial charge in [-0.25, -0.2) is 31.0 Å². The lowest BCUT2D eigenvalue weighted by Crippen LogP contribution is -2.46. The van der Waals surface area contributed by atoms with Crippen molar-refractivity contribution in [1.29, 1.82) is 5.26 Å². The predicted molar refractivity (Wildman–Crippen MR) is 256 cm³/mol. The first kappa shape index (κ1) is 50.2. The van der Waals surface area contributed by atoms with Gasteiger partial charge in [-0.2, -0.15) is 5.26 Å². The number of sulfonamides is 1. The average Bonchev–Trinajstić information content (AvgIpc) is 4.07. The number of likely N-dealkylation sites (tertiary alicyclic amines) is 1. The van der Waals surface area contributed by atoms with Crippen LogP contribution in [0.4, 0.5) is 23.2 Å². The Balaban J connectivity index is 0.787. The second-order valence-corrected chi connectivity index (χ2v) is 19.9. The maximum Gasteiger partial charge on any atom is 0.376 e. The molecule has 73 heavy (non-hydrogen) atoms. The molecular weight excluding hydrogens is 971 g/mol. The monoisotopic (exact) mass is 1020 g/mol. The van der Waals surface area contributed by atoms with Gasteiger partial charge in [0.1, 0.15) is 40.0 Å². The summed E-state index contributed by atoms with van der Waals surface area (Å²) in [6, 6.07) is 19.5. The molecule has 6 aromatic rings. The normalized spacial score (nSPS) is 18.5. The van der Waals surface area contributed by atoms with Crippen molar-refractivity contribution in [2.24, 2.45) is 11.8 Å². The van der Waals surface area contributed by atoms with Crippen molar-refractivity contribution in [3.8, 4) is 34.2 Å². The minimum atomic E-state index is -4.51. The first-order chi connectivity index (χ1) is 34.9. The van der Waals surface area contributed by atoms with E-state index in [9.17, 15) is 50.4 Å². The molecule has 16 nitrogen and oxygen atoms in total. The van der Waals surface area contributed by atoms with Crippen LogP contribution in [0.2, 0.25) is 0 Å². The standard InChI is InChI=1S/C51H44BF4N8O8S/c1-28(14-30-4-3-5-32-24-63(25-40(30)32)46(65)18-33-16-44(61-48(33)67)50(68)64-27-51(55,56)20-37(64)21-57)47(66)52-72-26-36-9-6-31(22-59-36)38-12-13-58-42-10-7-29(15-39(38)42)34-17-43(49(71-2)60-23-34)62-73(69,70)45-11-8-35(53)19-41(45)54/h3-13,15,17,19,22-23,28,33,37,44,62H,14,16,18,20,24-27H2,1-2H3,(H,61,67)/t28?,33-,37-,44-/m0/s1. The summed E-state index contributed by atoms with van der Waals surface area (Å²) in [5.74, 6) is -8.41. The summed E-state index contributed by atoms with van der Waals surface area (Å²) in [7, 11) is -2.04. The van der Waals surface area contributed by atoms with Gasteiger partial charge in [-0.3, -0.25) is 29.1 Å². The van der Waals surface area contributed by atoms with E-state index in [4.69, 9.17) is 9.39 Å². The van der Waals surface area contributed by atoms with Gasteiger partial charge in [-0.05, 0) is 83.1 Å². The van der Waals surface area contributed by atoms with Crippen LogP contribution >= 0.6 is 0 Å². The van der Waals surface area contributed by atoms with Crippen molar-refractivity contribution in [1.82, 2.24) is 30.1 Å². The quantitative estimate of drug-likeness (QED) is 0.0787. The summed E-state index contributed by atoms with van der Waals surface area (Å²) in [6.45, 7) is 1.42. The number of fused-ring (bicyclic) bond motifs is 2. The minimum absolute atomic E-state index is 0.00461. The largest absolute Gasteiger partial charge is 0.480 e. The molecule has 1 radical (unpaired) electrons. The number of nitrogens with one attached hydrogen (secondary N) is 2. The molecule has 22 heteroatoms. The van der Waals surface area contributed by atoms with Gasteiger partial charge >= 0.3 is 7.48 Å². The zero-order chi connectivity index (χ0) is 51.8. The van der Waals surface area contributed by atoms with Gasteiger partial charge in [0.15, 0.2) is 0 Å². The summed E-state index contributed by atoms with van der Waals surface area (Å²) in [5, 5.41) is 12.6. The number of alkyl halides is 2. The zero-order valence-electron chi connectivity index (χ0n) is 39.2. The number of benzene rings is 3. The molecule has 2 N–H and O–H groups in total. The van der Waals surface area contributed by atoms with Gasteiger partial charge in [0, 0.05) is 78.9 Å². The van der Waals surface area contributed by atoms with Crippen LogP contribution in [0, 0.1) is 34.8 Å². The Labute approximate surface area is 417 Å². The number of halogens is 4. The van der Waals surface area contributed by atoms with Crippen molar-refractivity contribution in [3.63, 3.8) is 0 Å². The number of aromatic nitrogens is 3. The average molecular weight is 1020 g/mol. The molecule has 0 saturated carbocycles. The van der Waals surface area contributed by atoms with E-state index in [0.29, 0.717) is 34.8 Å². The summed E-state index contributed by atoms with van der Waals surface area (Å²) in [5.41, 5.74) is 6.21. The highest BCUT2D eigenvalue weighted by Crippen LogP contribution is 2.37. The first-order valence-corrected chi connectivity index (χ1v) is 24.5. The molecule has 3 aliphatic rings. The van der Waals surface area contributed by atoms with Crippen molar-refractivity contribution < 1.29 is 54.5 Å². The maximum absolute atomic E-state index is 14.5. The SMILES string of the molecule is COc1ncc(-c2ccc3nccc(-c4ccc(CO[B]C(=O)C(C)Cc5cccc6c5CN(C(=O)C[C@@H]5C[C@@H](C(=O)N7CC(F)(F)C[C@H]7C#N)NC5=O)C6)nc4)c3c2)cc1NS(=O)(=O)c1ccc(F)cc1F. The fourth-order valence-electron chi connectivity index (χ4n) is 9.38. The molecule has 4 atom stereocenters. The molecule has 3 aromatic carbocycles. The highest BCUT2D eigenvalue weighted by atomic mass is 32.2. The van der Waals surface area contributed by atoms with Crippen LogP contribution in [0.25, 0.3) is 33.2 Å². The van der Waals surface area contributed by atoms with Gasteiger partial charge in [-0.1, -0.05) is 37.3 Å². The molecule has 0 spiro atoms. The molecule has 3 aliphatic heterocycles. The predicted octanol–water partition coefficient (Wildman–Crippen LogP) is 6.48. The number of nitriles is 1. The number of carbonyl (C=O) groups is 4. The number of anilines is 1. The van der Waals surface area contributed by atoms with Crippen LogP contribution in [0.3, 0.4) is 0 Å². The number of ether oxygens (including phenoxy) is 1. The fourth-order valence-corrected chi connectivity index (χ4v) is 10.5. The summed E-state index contributed by atoms with van der Waals surface area (Å²) in [6.07, 6.45) is 4.16. The summed E-state index contributed by atoms with van der Waals surface area (Å²) >= 11 is 0. The molecule has 373 valence electrons. The Morgan fingerprint density at radius 2 is 1.78 bits per heavy atom. The van der Waals surface area contributed by atoms with Crippen LogP contribution in [-0.2, 0) is 60.0 Å². The minimum Gasteiger partial charge on any atom is -0.480 e. The lowest BCUT2D eigenvalue weighted by atomic mass is 9.80. The van der Waals surface area contributed by atoms with Crippen LogP contribution in [0.15, 0.2) is 102 Å². The summed E-state index contributed by atoms with van der Waals surface area (Å²) < 4.78 is 95.6. The Morgan fingerprint density at radius 3 is 2.53 bits per heavy atom. The molecule has 3 aromatic heterocycles. The molecule has 0 aliphatic carbocycles. The van der Waals surface area contributed by atoms with Gasteiger partial charge in [-0.15, -0.1) is 0 Å². The van der Waals surface area contributed by atoms with E-state index in [0.717, 1.165) is 50.2 Å². The number of methoxy groups -OCH3 is 1. The Hall–Kier alpha value is -7.77. The Kier molecular flexibility index (Phi) is 14.0.